The van der Waals surface area contributed by atoms with Crippen LogP contribution in [0.15, 0.2) is 29.8 Å². The highest BCUT2D eigenvalue weighted by Gasteiger charge is 2.27. The lowest BCUT2D eigenvalue weighted by Gasteiger charge is -2.14. The molecule has 3 nitrogen and oxygen atoms in total. The van der Waals surface area contributed by atoms with Crippen molar-refractivity contribution in [1.82, 2.24) is 4.90 Å². The normalized spacial score (nSPS) is 15.3. The number of halogens is 2. The summed E-state index contributed by atoms with van der Waals surface area (Å²) in [6, 6.07) is 3.16. The third kappa shape index (κ3) is 2.45. The van der Waals surface area contributed by atoms with Crippen molar-refractivity contribution in [1.29, 1.82) is 0 Å². The molecule has 0 N–H and O–H groups in total. The van der Waals surface area contributed by atoms with Crippen molar-refractivity contribution in [3.63, 3.8) is 0 Å². The van der Waals surface area contributed by atoms with E-state index >= 15 is 0 Å². The number of amides is 2. The summed E-state index contributed by atoms with van der Waals surface area (Å²) in [5.74, 6) is -2.07. The van der Waals surface area contributed by atoms with Crippen LogP contribution in [0.1, 0.15) is 12.5 Å². The Morgan fingerprint density at radius 2 is 1.72 bits per heavy atom. The molecule has 1 aliphatic rings. The van der Waals surface area contributed by atoms with Crippen LogP contribution in [-0.4, -0.2) is 23.3 Å². The minimum atomic E-state index is -0.668. The maximum Gasteiger partial charge on any atom is 0.256 e. The minimum Gasteiger partial charge on any atom is -0.275 e. The van der Waals surface area contributed by atoms with Crippen LogP contribution in [0.3, 0.4) is 0 Å². The monoisotopic (exact) mass is 251 g/mol. The molecule has 1 aliphatic heterocycles. The van der Waals surface area contributed by atoms with Crippen molar-refractivity contribution in [3.8, 4) is 0 Å². The van der Waals surface area contributed by atoms with E-state index in [0.717, 1.165) is 11.0 Å². The first kappa shape index (κ1) is 12.4. The molecule has 2 amide bonds. The third-order valence-electron chi connectivity index (χ3n) is 2.73. The van der Waals surface area contributed by atoms with Crippen molar-refractivity contribution in [3.05, 3.63) is 47.0 Å². The highest BCUT2D eigenvalue weighted by molar-refractivity contribution is 6.15. The van der Waals surface area contributed by atoms with Crippen molar-refractivity contribution in [2.45, 2.75) is 13.3 Å². The number of rotatable bonds is 3. The number of hydrogen-bond donors (Lipinski definition) is 0. The Labute approximate surface area is 103 Å². The molecule has 0 aromatic heterocycles. The zero-order valence-electron chi connectivity index (χ0n) is 9.74. The SMILES string of the molecule is CC1=CC(=O)N(CCc2cc(F)cc(F)c2)C1=O. The predicted molar refractivity (Wildman–Crippen MR) is 60.5 cm³/mol. The van der Waals surface area contributed by atoms with E-state index in [1.165, 1.54) is 18.2 Å². The average molecular weight is 251 g/mol. The van der Waals surface area contributed by atoms with Crippen molar-refractivity contribution >= 4 is 11.8 Å². The molecule has 0 saturated heterocycles. The summed E-state index contributed by atoms with van der Waals surface area (Å²) < 4.78 is 25.9. The first-order valence-electron chi connectivity index (χ1n) is 5.46. The van der Waals surface area contributed by atoms with Gasteiger partial charge in [-0.3, -0.25) is 14.5 Å². The molecule has 0 fully saturated rings. The van der Waals surface area contributed by atoms with Gasteiger partial charge in [0, 0.05) is 24.3 Å². The van der Waals surface area contributed by atoms with E-state index in [9.17, 15) is 18.4 Å². The first-order valence-corrected chi connectivity index (χ1v) is 5.46. The number of hydrogen-bond acceptors (Lipinski definition) is 2. The molecule has 0 atom stereocenters. The van der Waals surface area contributed by atoms with E-state index in [1.807, 2.05) is 0 Å². The Morgan fingerprint density at radius 1 is 1.11 bits per heavy atom. The fourth-order valence-corrected chi connectivity index (χ4v) is 1.85. The van der Waals surface area contributed by atoms with Gasteiger partial charge in [0.25, 0.3) is 11.8 Å². The van der Waals surface area contributed by atoms with E-state index in [-0.39, 0.29) is 24.8 Å². The molecule has 1 heterocycles. The van der Waals surface area contributed by atoms with E-state index in [2.05, 4.69) is 0 Å². The quantitative estimate of drug-likeness (QED) is 0.768. The molecule has 18 heavy (non-hydrogen) atoms. The van der Waals surface area contributed by atoms with Gasteiger partial charge in [-0.25, -0.2) is 8.78 Å². The van der Waals surface area contributed by atoms with Crippen LogP contribution >= 0.6 is 0 Å². The van der Waals surface area contributed by atoms with Crippen LogP contribution in [0.25, 0.3) is 0 Å². The summed E-state index contributed by atoms with van der Waals surface area (Å²) in [4.78, 5) is 24.1. The maximum absolute atomic E-state index is 12.9. The zero-order valence-corrected chi connectivity index (χ0v) is 9.74. The maximum atomic E-state index is 12.9. The number of nitrogens with zero attached hydrogens (tertiary/aromatic N) is 1. The van der Waals surface area contributed by atoms with Gasteiger partial charge in [-0.2, -0.15) is 0 Å². The van der Waals surface area contributed by atoms with Crippen molar-refractivity contribution in [2.75, 3.05) is 6.54 Å². The molecule has 2 rings (SSSR count). The van der Waals surface area contributed by atoms with Crippen LogP contribution in [0.5, 0.6) is 0 Å². The number of carbonyl (C=O) groups is 2. The van der Waals surface area contributed by atoms with Crippen LogP contribution in [-0.2, 0) is 16.0 Å². The number of imide groups is 1. The number of benzene rings is 1. The van der Waals surface area contributed by atoms with Crippen LogP contribution in [0.4, 0.5) is 8.78 Å². The van der Waals surface area contributed by atoms with Gasteiger partial charge in [-0.05, 0) is 31.0 Å². The van der Waals surface area contributed by atoms with Crippen molar-refractivity contribution < 1.29 is 18.4 Å². The zero-order chi connectivity index (χ0) is 13.3. The summed E-state index contributed by atoms with van der Waals surface area (Å²) in [5, 5.41) is 0. The molecule has 0 unspecified atom stereocenters. The third-order valence-corrected chi connectivity index (χ3v) is 2.73. The second kappa shape index (κ2) is 4.68. The second-order valence-electron chi connectivity index (χ2n) is 4.15. The standard InChI is InChI=1S/C13H11F2NO2/c1-8-4-12(17)16(13(8)18)3-2-9-5-10(14)7-11(15)6-9/h4-7H,2-3H2,1H3. The van der Waals surface area contributed by atoms with E-state index < -0.39 is 11.6 Å². The number of carbonyl (C=O) groups excluding carboxylic acids is 2. The smallest absolute Gasteiger partial charge is 0.256 e. The van der Waals surface area contributed by atoms with Crippen LogP contribution in [0, 0.1) is 11.6 Å². The summed E-state index contributed by atoms with van der Waals surface area (Å²) >= 11 is 0. The van der Waals surface area contributed by atoms with Crippen molar-refractivity contribution in [2.24, 2.45) is 0 Å². The molecule has 1 aromatic rings. The first-order chi connectivity index (χ1) is 8.47. The lowest BCUT2D eigenvalue weighted by Crippen LogP contribution is -2.32. The Hall–Kier alpha value is -2.04. The fourth-order valence-electron chi connectivity index (χ4n) is 1.85. The topological polar surface area (TPSA) is 37.4 Å². The lowest BCUT2D eigenvalue weighted by atomic mass is 10.1. The molecule has 0 saturated carbocycles. The van der Waals surface area contributed by atoms with E-state index in [1.54, 1.807) is 6.92 Å². The molecule has 0 bridgehead atoms. The van der Waals surface area contributed by atoms with E-state index in [0.29, 0.717) is 11.1 Å². The largest absolute Gasteiger partial charge is 0.275 e. The Kier molecular flexibility index (Phi) is 3.23. The molecule has 0 spiro atoms. The molecule has 94 valence electrons. The van der Waals surface area contributed by atoms with E-state index in [4.69, 9.17) is 0 Å². The molecule has 0 aliphatic carbocycles. The van der Waals surface area contributed by atoms with Gasteiger partial charge in [0.15, 0.2) is 0 Å². The summed E-state index contributed by atoms with van der Waals surface area (Å²) in [6.07, 6.45) is 1.49. The van der Waals surface area contributed by atoms with Gasteiger partial charge in [0.05, 0.1) is 0 Å². The van der Waals surface area contributed by atoms with Crippen LogP contribution < -0.4 is 0 Å². The molecule has 0 radical (unpaired) electrons. The van der Waals surface area contributed by atoms with Gasteiger partial charge < -0.3 is 0 Å². The molecule has 1 aromatic carbocycles. The predicted octanol–water partition coefficient (Wildman–Crippen LogP) is 1.82. The Morgan fingerprint density at radius 3 is 2.22 bits per heavy atom. The molecular formula is C13H11F2NO2. The van der Waals surface area contributed by atoms with Crippen LogP contribution in [0.2, 0.25) is 0 Å². The lowest BCUT2D eigenvalue weighted by molar-refractivity contribution is -0.137. The average Bonchev–Trinajstić information content (AvgIpc) is 2.50. The summed E-state index contributed by atoms with van der Waals surface area (Å²) in [7, 11) is 0. The Balaban J connectivity index is 2.04. The highest BCUT2D eigenvalue weighted by atomic mass is 19.1. The summed E-state index contributed by atoms with van der Waals surface area (Å²) in [6.45, 7) is 1.68. The fraction of sp³-hybridized carbons (Fsp3) is 0.231. The van der Waals surface area contributed by atoms with Gasteiger partial charge >= 0.3 is 0 Å². The highest BCUT2D eigenvalue weighted by Crippen LogP contribution is 2.14. The summed E-state index contributed by atoms with van der Waals surface area (Å²) in [5.41, 5.74) is 0.795. The van der Waals surface area contributed by atoms with Gasteiger partial charge in [-0.1, -0.05) is 0 Å². The Bertz CT molecular complexity index is 532. The molecule has 5 heteroatoms. The second-order valence-corrected chi connectivity index (χ2v) is 4.15. The molecular weight excluding hydrogens is 240 g/mol. The van der Waals surface area contributed by atoms with Gasteiger partial charge in [-0.15, -0.1) is 0 Å². The van der Waals surface area contributed by atoms with Gasteiger partial charge in [0.2, 0.25) is 0 Å². The van der Waals surface area contributed by atoms with Gasteiger partial charge in [0.1, 0.15) is 11.6 Å². The minimum absolute atomic E-state index is 0.119.